The molecule has 1 saturated carbocycles. The molecular weight excluding hydrogens is 342 g/mol. The van der Waals surface area contributed by atoms with Gasteiger partial charge in [-0.1, -0.05) is 6.07 Å². The molecule has 1 aromatic heterocycles. The molecule has 2 aliphatic carbocycles. The van der Waals surface area contributed by atoms with Gasteiger partial charge in [-0.25, -0.2) is 0 Å². The molecule has 3 atom stereocenters. The molecule has 2 aromatic rings. The third-order valence-corrected chi connectivity index (χ3v) is 5.67. The second-order valence-corrected chi connectivity index (χ2v) is 7.73. The average molecular weight is 369 g/mol. The maximum Gasteiger partial charge on any atom is 0.258 e. The number of aliphatic hydroxyl groups excluding tert-OH is 1. The van der Waals surface area contributed by atoms with E-state index in [1.54, 1.807) is 6.20 Å². The van der Waals surface area contributed by atoms with Crippen LogP contribution in [0.2, 0.25) is 0 Å². The van der Waals surface area contributed by atoms with Gasteiger partial charge < -0.3 is 15.2 Å². The molecular formula is C21H27N3O3. The maximum atomic E-state index is 12.3. The first kappa shape index (κ1) is 18.0. The number of ether oxygens (including phenoxy) is 1. The fourth-order valence-electron chi connectivity index (χ4n) is 4.29. The van der Waals surface area contributed by atoms with E-state index in [9.17, 15) is 9.90 Å². The minimum absolute atomic E-state index is 0.0220. The van der Waals surface area contributed by atoms with Crippen molar-refractivity contribution in [3.05, 3.63) is 47.8 Å². The average Bonchev–Trinajstić information content (AvgIpc) is 3.30. The molecule has 1 amide bonds. The van der Waals surface area contributed by atoms with Gasteiger partial charge in [-0.2, -0.15) is 5.10 Å². The summed E-state index contributed by atoms with van der Waals surface area (Å²) in [5.74, 6) is 0.873. The van der Waals surface area contributed by atoms with Crippen molar-refractivity contribution in [3.8, 4) is 5.75 Å². The predicted octanol–water partition coefficient (Wildman–Crippen LogP) is 2.10. The van der Waals surface area contributed by atoms with E-state index in [2.05, 4.69) is 22.5 Å². The Hall–Kier alpha value is -2.34. The molecule has 4 rings (SSSR count). The molecule has 6 heteroatoms. The predicted molar refractivity (Wildman–Crippen MR) is 101 cm³/mol. The van der Waals surface area contributed by atoms with Gasteiger partial charge in [-0.15, -0.1) is 0 Å². The van der Waals surface area contributed by atoms with Crippen LogP contribution in [0.5, 0.6) is 5.75 Å². The smallest absolute Gasteiger partial charge is 0.258 e. The van der Waals surface area contributed by atoms with Gasteiger partial charge in [0.1, 0.15) is 5.75 Å². The van der Waals surface area contributed by atoms with Crippen molar-refractivity contribution >= 4 is 5.91 Å². The van der Waals surface area contributed by atoms with Gasteiger partial charge in [0.15, 0.2) is 6.61 Å². The lowest BCUT2D eigenvalue weighted by Crippen LogP contribution is -2.42. The number of fused-ring (bicyclic) bond motifs is 1. The highest BCUT2D eigenvalue weighted by Crippen LogP contribution is 2.28. The Morgan fingerprint density at radius 3 is 2.93 bits per heavy atom. The van der Waals surface area contributed by atoms with Crippen molar-refractivity contribution in [2.24, 2.45) is 5.92 Å². The second-order valence-electron chi connectivity index (χ2n) is 7.73. The molecule has 1 heterocycles. The Kier molecular flexibility index (Phi) is 5.43. The van der Waals surface area contributed by atoms with E-state index in [0.29, 0.717) is 12.3 Å². The number of benzene rings is 1. The maximum absolute atomic E-state index is 12.3. The van der Waals surface area contributed by atoms with Crippen molar-refractivity contribution < 1.29 is 14.6 Å². The molecule has 1 fully saturated rings. The van der Waals surface area contributed by atoms with E-state index < -0.39 is 6.10 Å². The number of carbonyl (C=O) groups excluding carboxylic acids is 1. The van der Waals surface area contributed by atoms with Gasteiger partial charge in [0, 0.05) is 18.9 Å². The number of hydrogen-bond acceptors (Lipinski definition) is 4. The Labute approximate surface area is 159 Å². The summed E-state index contributed by atoms with van der Waals surface area (Å²) in [7, 11) is 0. The zero-order valence-corrected chi connectivity index (χ0v) is 15.5. The van der Waals surface area contributed by atoms with Crippen LogP contribution >= 0.6 is 0 Å². The van der Waals surface area contributed by atoms with Gasteiger partial charge in [-0.05, 0) is 73.8 Å². The molecule has 1 unspecified atom stereocenters. The second kappa shape index (κ2) is 8.13. The lowest BCUT2D eigenvalue weighted by molar-refractivity contribution is -0.124. The zero-order chi connectivity index (χ0) is 18.6. The van der Waals surface area contributed by atoms with Crippen LogP contribution in [0.15, 0.2) is 36.7 Å². The summed E-state index contributed by atoms with van der Waals surface area (Å²) >= 11 is 0. The highest BCUT2D eigenvalue weighted by molar-refractivity contribution is 5.78. The van der Waals surface area contributed by atoms with Gasteiger partial charge in [0.05, 0.1) is 12.1 Å². The first-order valence-electron chi connectivity index (χ1n) is 9.87. The third kappa shape index (κ3) is 4.50. The lowest BCUT2D eigenvalue weighted by Gasteiger charge is -2.18. The molecule has 2 aliphatic rings. The normalized spacial score (nSPS) is 24.4. The summed E-state index contributed by atoms with van der Waals surface area (Å²) in [6.45, 7) is 0.744. The van der Waals surface area contributed by atoms with Crippen molar-refractivity contribution in [2.45, 2.75) is 57.2 Å². The third-order valence-electron chi connectivity index (χ3n) is 5.67. The number of hydrogen-bond donors (Lipinski definition) is 2. The molecule has 0 bridgehead atoms. The fourth-order valence-corrected chi connectivity index (χ4v) is 4.29. The quantitative estimate of drug-likeness (QED) is 0.818. The van der Waals surface area contributed by atoms with E-state index in [1.807, 2.05) is 23.0 Å². The summed E-state index contributed by atoms with van der Waals surface area (Å²) in [4.78, 5) is 12.3. The van der Waals surface area contributed by atoms with E-state index >= 15 is 0 Å². The monoisotopic (exact) mass is 369 g/mol. The minimum Gasteiger partial charge on any atom is -0.484 e. The summed E-state index contributed by atoms with van der Waals surface area (Å²) in [5, 5.41) is 17.4. The summed E-state index contributed by atoms with van der Waals surface area (Å²) < 4.78 is 7.56. The number of nitrogens with one attached hydrogen (secondary N) is 1. The summed E-state index contributed by atoms with van der Waals surface area (Å²) in [6.07, 6.45) is 9.28. The van der Waals surface area contributed by atoms with Crippen molar-refractivity contribution in [3.63, 3.8) is 0 Å². The van der Waals surface area contributed by atoms with Crippen LogP contribution in [-0.4, -0.2) is 39.5 Å². The molecule has 0 radical (unpaired) electrons. The molecule has 27 heavy (non-hydrogen) atoms. The largest absolute Gasteiger partial charge is 0.484 e. The van der Waals surface area contributed by atoms with E-state index in [0.717, 1.165) is 31.6 Å². The van der Waals surface area contributed by atoms with Crippen LogP contribution in [0.4, 0.5) is 0 Å². The fraction of sp³-hybridized carbons (Fsp3) is 0.524. The lowest BCUT2D eigenvalue weighted by atomic mass is 9.92. The van der Waals surface area contributed by atoms with Gasteiger partial charge >= 0.3 is 0 Å². The Morgan fingerprint density at radius 1 is 1.26 bits per heavy atom. The summed E-state index contributed by atoms with van der Waals surface area (Å²) in [6, 6.07) is 7.80. The number of aliphatic hydroxyl groups is 1. The number of nitrogens with zero attached hydrogens (tertiary/aromatic N) is 2. The number of carbonyl (C=O) groups is 1. The molecule has 0 saturated heterocycles. The van der Waals surface area contributed by atoms with Gasteiger partial charge in [0.25, 0.3) is 5.91 Å². The van der Waals surface area contributed by atoms with E-state index in [4.69, 9.17) is 4.74 Å². The highest BCUT2D eigenvalue weighted by Gasteiger charge is 2.34. The Morgan fingerprint density at radius 2 is 2.11 bits per heavy atom. The van der Waals surface area contributed by atoms with Gasteiger partial charge in [-0.3, -0.25) is 9.48 Å². The number of amides is 1. The molecule has 6 nitrogen and oxygen atoms in total. The number of rotatable bonds is 6. The minimum atomic E-state index is -0.516. The molecule has 2 N–H and O–H groups in total. The van der Waals surface area contributed by atoms with Crippen molar-refractivity contribution in [2.75, 3.05) is 6.61 Å². The molecule has 0 aliphatic heterocycles. The first-order chi connectivity index (χ1) is 13.2. The zero-order valence-electron chi connectivity index (χ0n) is 15.5. The van der Waals surface area contributed by atoms with Crippen LogP contribution in [-0.2, 0) is 24.2 Å². The highest BCUT2D eigenvalue weighted by atomic mass is 16.5. The SMILES string of the molecule is O=C(COc1ccc2c(c1)CCCC2)N[C@@H]1CC(Cn2cccn2)C[C@H]1O. The summed E-state index contributed by atoms with van der Waals surface area (Å²) in [5.41, 5.74) is 2.74. The van der Waals surface area contributed by atoms with Crippen LogP contribution in [0, 0.1) is 5.92 Å². The van der Waals surface area contributed by atoms with E-state index in [1.165, 1.54) is 24.0 Å². The molecule has 1 aromatic carbocycles. The van der Waals surface area contributed by atoms with Crippen LogP contribution in [0.1, 0.15) is 36.8 Å². The number of aromatic nitrogens is 2. The Balaban J connectivity index is 1.25. The van der Waals surface area contributed by atoms with Crippen LogP contribution in [0.25, 0.3) is 0 Å². The molecule has 144 valence electrons. The number of aryl methyl sites for hydroxylation is 2. The van der Waals surface area contributed by atoms with Crippen LogP contribution < -0.4 is 10.1 Å². The first-order valence-corrected chi connectivity index (χ1v) is 9.87. The van der Waals surface area contributed by atoms with Gasteiger partial charge in [0.2, 0.25) is 0 Å². The van der Waals surface area contributed by atoms with Crippen LogP contribution in [0.3, 0.4) is 0 Å². The van der Waals surface area contributed by atoms with E-state index in [-0.39, 0.29) is 18.6 Å². The Bertz CT molecular complexity index is 775. The van der Waals surface area contributed by atoms with Crippen molar-refractivity contribution in [1.29, 1.82) is 0 Å². The van der Waals surface area contributed by atoms with Crippen molar-refractivity contribution in [1.82, 2.24) is 15.1 Å². The standard InChI is InChI=1S/C21H27N3O3/c25-20-11-15(13-24-9-3-8-22-24)10-19(20)23-21(26)14-27-18-7-6-16-4-1-2-5-17(16)12-18/h3,6-9,12,15,19-20,25H,1-2,4-5,10-11,13-14H2,(H,23,26)/t15?,19-,20-/m1/s1. The topological polar surface area (TPSA) is 76.4 Å². The molecule has 0 spiro atoms.